The van der Waals surface area contributed by atoms with Crippen molar-refractivity contribution in [3.8, 4) is 0 Å². The maximum atomic E-state index is 12.0. The highest BCUT2D eigenvalue weighted by Gasteiger charge is 2.35. The van der Waals surface area contributed by atoms with Crippen molar-refractivity contribution in [3.05, 3.63) is 35.0 Å². The van der Waals surface area contributed by atoms with Gasteiger partial charge in [-0.05, 0) is 36.1 Å². The van der Waals surface area contributed by atoms with Crippen LogP contribution in [0.4, 0.5) is 4.79 Å². The molecular formula is C20H23Cl2N7O2. The number of hydrogen-bond acceptors (Lipinski definition) is 7. The average Bonchev–Trinajstić information content (AvgIpc) is 3.26. The summed E-state index contributed by atoms with van der Waals surface area (Å²) in [6, 6.07) is 5.62. The number of carbonyl (C=O) groups is 1. The molecule has 164 valence electrons. The van der Waals surface area contributed by atoms with Gasteiger partial charge in [-0.1, -0.05) is 23.7 Å². The molecule has 0 radical (unpaired) electrons. The number of alkyl carbamates (subject to hydrolysis) is 1. The lowest BCUT2D eigenvalue weighted by Crippen LogP contribution is -2.44. The molecule has 2 aliphatic heterocycles. The predicted molar refractivity (Wildman–Crippen MR) is 123 cm³/mol. The van der Waals surface area contributed by atoms with Crippen LogP contribution in [-0.2, 0) is 18.3 Å². The number of hydrogen-bond donors (Lipinski definition) is 2. The van der Waals surface area contributed by atoms with Crippen molar-refractivity contribution in [2.75, 3.05) is 13.2 Å². The Labute approximate surface area is 189 Å². The summed E-state index contributed by atoms with van der Waals surface area (Å²) in [5, 5.41) is 4.61. The number of nitrogens with two attached hydrogens (primary N) is 1. The molecule has 0 aliphatic carbocycles. The highest BCUT2D eigenvalue weighted by atomic mass is 35.5. The van der Waals surface area contributed by atoms with Crippen molar-refractivity contribution in [2.24, 2.45) is 27.8 Å². The molecule has 9 nitrogen and oxygen atoms in total. The van der Waals surface area contributed by atoms with E-state index >= 15 is 0 Å². The van der Waals surface area contributed by atoms with Gasteiger partial charge in [0.25, 0.3) is 0 Å². The molecule has 2 aliphatic rings. The van der Waals surface area contributed by atoms with Gasteiger partial charge in [0.1, 0.15) is 11.9 Å². The lowest BCUT2D eigenvalue weighted by atomic mass is 10.1. The monoisotopic (exact) mass is 463 g/mol. The van der Waals surface area contributed by atoms with E-state index in [-0.39, 0.29) is 17.5 Å². The number of carbonyl (C=O) groups excluding carboxylic acids is 1. The molecule has 3 heterocycles. The Bertz CT molecular complexity index is 1080. The number of aromatic nitrogens is 1. The van der Waals surface area contributed by atoms with Gasteiger partial charge in [0.2, 0.25) is 5.29 Å². The van der Waals surface area contributed by atoms with Crippen LogP contribution in [0, 0.1) is 0 Å². The van der Waals surface area contributed by atoms with E-state index in [0.29, 0.717) is 37.0 Å². The SMILES string of the molecule is Cn1cc(Cl)c2ccc(CNC(=O)OCCCCN3C=NC4C(N)=NC(Cl)=NC43)cc21. The number of benzene rings is 1. The molecule has 3 N–H and O–H groups in total. The molecule has 1 amide bonds. The molecule has 31 heavy (non-hydrogen) atoms. The van der Waals surface area contributed by atoms with Crippen LogP contribution in [-0.4, -0.2) is 58.4 Å². The third-order valence-corrected chi connectivity index (χ3v) is 5.73. The maximum absolute atomic E-state index is 12.0. The molecule has 2 atom stereocenters. The highest BCUT2D eigenvalue weighted by molar-refractivity contribution is 6.65. The summed E-state index contributed by atoms with van der Waals surface area (Å²) in [6.07, 6.45) is 4.41. The first-order valence-electron chi connectivity index (χ1n) is 9.93. The third-order valence-electron chi connectivity index (χ3n) is 5.25. The average molecular weight is 464 g/mol. The van der Waals surface area contributed by atoms with Gasteiger partial charge in [0.15, 0.2) is 6.17 Å². The maximum Gasteiger partial charge on any atom is 0.407 e. The molecule has 2 aromatic rings. The number of aliphatic imine (C=N–C) groups is 3. The van der Waals surface area contributed by atoms with E-state index in [1.54, 1.807) is 6.34 Å². The second kappa shape index (κ2) is 9.15. The number of nitrogens with one attached hydrogen (secondary N) is 1. The molecule has 1 aromatic heterocycles. The van der Waals surface area contributed by atoms with Gasteiger partial charge < -0.3 is 25.3 Å². The fourth-order valence-electron chi connectivity index (χ4n) is 3.64. The Balaban J connectivity index is 1.16. The van der Waals surface area contributed by atoms with E-state index in [1.165, 1.54) is 0 Å². The summed E-state index contributed by atoms with van der Waals surface area (Å²) in [5.74, 6) is 0.373. The largest absolute Gasteiger partial charge is 0.450 e. The molecule has 0 saturated carbocycles. The van der Waals surface area contributed by atoms with Crippen molar-refractivity contribution in [1.82, 2.24) is 14.8 Å². The summed E-state index contributed by atoms with van der Waals surface area (Å²) < 4.78 is 7.23. The molecule has 0 spiro atoms. The van der Waals surface area contributed by atoms with Crippen LogP contribution in [0.25, 0.3) is 10.9 Å². The first kappa shape index (κ1) is 21.5. The molecule has 0 fully saturated rings. The van der Waals surface area contributed by atoms with Gasteiger partial charge in [-0.25, -0.2) is 14.8 Å². The molecule has 2 unspecified atom stereocenters. The van der Waals surface area contributed by atoms with Gasteiger partial charge >= 0.3 is 6.09 Å². The Morgan fingerprint density at radius 1 is 1.32 bits per heavy atom. The number of unbranched alkanes of at least 4 members (excludes halogenated alkanes) is 1. The van der Waals surface area contributed by atoms with E-state index in [9.17, 15) is 4.79 Å². The molecule has 11 heteroatoms. The van der Waals surface area contributed by atoms with Crippen LogP contribution in [0.1, 0.15) is 18.4 Å². The fourth-order valence-corrected chi connectivity index (χ4v) is 4.14. The van der Waals surface area contributed by atoms with Crippen LogP contribution in [0.5, 0.6) is 0 Å². The lowest BCUT2D eigenvalue weighted by Gasteiger charge is -2.26. The van der Waals surface area contributed by atoms with Crippen molar-refractivity contribution < 1.29 is 9.53 Å². The standard InChI is InChI=1S/C20H23Cl2N7O2/c1-28-10-14(21)13-5-4-12(8-15(13)28)9-24-20(30)31-7-3-2-6-29-11-25-16-17(23)26-19(22)27-18(16)29/h4-5,8,10-11,16,18H,2-3,6-7,9H2,1H3,(H,24,30)(H2,23,26,27). The Morgan fingerprint density at radius 2 is 2.16 bits per heavy atom. The fraction of sp³-hybridized carbons (Fsp3) is 0.400. The number of aryl methyl sites for hydroxylation is 1. The zero-order chi connectivity index (χ0) is 22.0. The second-order valence-corrected chi connectivity index (χ2v) is 8.18. The first-order valence-corrected chi connectivity index (χ1v) is 10.7. The van der Waals surface area contributed by atoms with Gasteiger partial charge in [0.05, 0.1) is 18.0 Å². The normalized spacial score (nSPS) is 19.9. The van der Waals surface area contributed by atoms with Gasteiger partial charge in [-0.3, -0.25) is 4.99 Å². The van der Waals surface area contributed by atoms with Crippen LogP contribution in [0.15, 0.2) is 39.4 Å². The third kappa shape index (κ3) is 4.77. The van der Waals surface area contributed by atoms with E-state index < -0.39 is 6.09 Å². The molecular weight excluding hydrogens is 441 g/mol. The molecule has 4 rings (SSSR count). The first-order chi connectivity index (χ1) is 14.9. The van der Waals surface area contributed by atoms with Crippen LogP contribution in [0.2, 0.25) is 5.02 Å². The molecule has 0 saturated heterocycles. The summed E-state index contributed by atoms with van der Waals surface area (Å²) in [4.78, 5) is 26.5. The Morgan fingerprint density at radius 3 is 3.00 bits per heavy atom. The highest BCUT2D eigenvalue weighted by Crippen LogP contribution is 2.26. The molecule has 1 aromatic carbocycles. The smallest absolute Gasteiger partial charge is 0.407 e. The molecule has 0 bridgehead atoms. The summed E-state index contributed by atoms with van der Waals surface area (Å²) in [7, 11) is 1.94. The number of fused-ring (bicyclic) bond motifs is 2. The van der Waals surface area contributed by atoms with Gasteiger partial charge in [-0.2, -0.15) is 0 Å². The van der Waals surface area contributed by atoms with Crippen LogP contribution in [0.3, 0.4) is 0 Å². The van der Waals surface area contributed by atoms with Crippen molar-refractivity contribution in [3.63, 3.8) is 0 Å². The Hall–Kier alpha value is -2.78. The predicted octanol–water partition coefficient (Wildman–Crippen LogP) is 2.84. The number of ether oxygens (including phenoxy) is 1. The zero-order valence-electron chi connectivity index (χ0n) is 17.0. The van der Waals surface area contributed by atoms with E-state index in [1.807, 2.05) is 40.9 Å². The van der Waals surface area contributed by atoms with Crippen molar-refractivity contribution in [1.29, 1.82) is 0 Å². The van der Waals surface area contributed by atoms with E-state index in [0.717, 1.165) is 22.9 Å². The van der Waals surface area contributed by atoms with Crippen LogP contribution >= 0.6 is 23.2 Å². The number of rotatable bonds is 7. The minimum atomic E-state index is -0.444. The number of nitrogens with zero attached hydrogens (tertiary/aromatic N) is 5. The summed E-state index contributed by atoms with van der Waals surface area (Å²) in [5.41, 5.74) is 7.85. The van der Waals surface area contributed by atoms with E-state index in [2.05, 4.69) is 20.3 Å². The van der Waals surface area contributed by atoms with Gasteiger partial charge in [-0.15, -0.1) is 0 Å². The number of amidine groups is 2. The van der Waals surface area contributed by atoms with Crippen molar-refractivity contribution >= 4 is 57.7 Å². The second-order valence-electron chi connectivity index (χ2n) is 7.43. The van der Waals surface area contributed by atoms with Crippen LogP contribution < -0.4 is 11.1 Å². The summed E-state index contributed by atoms with van der Waals surface area (Å²) >= 11 is 12.1. The van der Waals surface area contributed by atoms with Crippen molar-refractivity contribution in [2.45, 2.75) is 31.6 Å². The van der Waals surface area contributed by atoms with E-state index in [4.69, 9.17) is 33.7 Å². The Kier molecular flexibility index (Phi) is 6.33. The minimum absolute atomic E-state index is 0.142. The topological polar surface area (TPSA) is 110 Å². The van der Waals surface area contributed by atoms with Gasteiger partial charge in [0, 0.05) is 37.2 Å². The summed E-state index contributed by atoms with van der Waals surface area (Å²) in [6.45, 7) is 1.41. The lowest BCUT2D eigenvalue weighted by molar-refractivity contribution is 0.142. The number of amides is 1. The zero-order valence-corrected chi connectivity index (χ0v) is 18.5. The quantitative estimate of drug-likeness (QED) is 0.485. The number of halogens is 2. The minimum Gasteiger partial charge on any atom is -0.450 e.